The number of alkyl halides is 3. The predicted octanol–water partition coefficient (Wildman–Crippen LogP) is 3.25. The van der Waals surface area contributed by atoms with E-state index in [2.05, 4.69) is 15.2 Å². The summed E-state index contributed by atoms with van der Waals surface area (Å²) >= 11 is 10.9. The number of nitrogens with zero attached hydrogens (tertiary/aromatic N) is 2. The van der Waals surface area contributed by atoms with Gasteiger partial charge in [0.15, 0.2) is 4.84 Å². The molecule has 1 fully saturated rings. The first-order chi connectivity index (χ1) is 13.5. The molecule has 0 bridgehead atoms. The van der Waals surface area contributed by atoms with Gasteiger partial charge in [0.25, 0.3) is 5.91 Å². The average Bonchev–Trinajstić information content (AvgIpc) is 2.68. The van der Waals surface area contributed by atoms with Gasteiger partial charge >= 0.3 is 0 Å². The van der Waals surface area contributed by atoms with Crippen LogP contribution in [0.5, 0.6) is 0 Å². The number of hydrogen-bond acceptors (Lipinski definition) is 4. The Balaban J connectivity index is 1.65. The van der Waals surface area contributed by atoms with Gasteiger partial charge in [0, 0.05) is 18.3 Å². The summed E-state index contributed by atoms with van der Waals surface area (Å²) < 4.78 is 13.2. The van der Waals surface area contributed by atoms with Gasteiger partial charge in [0.2, 0.25) is 0 Å². The standard InChI is InChI=1S/C20H22Cl2FN3O2/c21-19(22)20(28)25-17(10-23)18(27)14-4-2-13(3-5-14)15-6-7-16(24-11-15)12-26-8-1-9-26/h2-7,11,17-19,27H,1,8-10,12H2,(H,25,28)/t17-,18+/m1/s1. The molecule has 5 nitrogen and oxygen atoms in total. The van der Waals surface area contributed by atoms with Gasteiger partial charge in [-0.05, 0) is 36.7 Å². The van der Waals surface area contributed by atoms with Crippen LogP contribution in [0.1, 0.15) is 23.8 Å². The number of aliphatic hydroxyl groups is 1. The normalized spacial score (nSPS) is 16.5. The zero-order valence-electron chi connectivity index (χ0n) is 15.2. The smallest absolute Gasteiger partial charge is 0.253 e. The lowest BCUT2D eigenvalue weighted by molar-refractivity contribution is -0.121. The van der Waals surface area contributed by atoms with E-state index in [1.165, 1.54) is 6.42 Å². The minimum atomic E-state index is -1.32. The summed E-state index contributed by atoms with van der Waals surface area (Å²) in [5.41, 5.74) is 3.40. The van der Waals surface area contributed by atoms with Crippen molar-refractivity contribution in [1.29, 1.82) is 0 Å². The quantitative estimate of drug-likeness (QED) is 0.637. The number of rotatable bonds is 8. The molecule has 0 unspecified atom stereocenters. The molecule has 8 heteroatoms. The van der Waals surface area contributed by atoms with Gasteiger partial charge < -0.3 is 10.4 Å². The molecular formula is C20H22Cl2FN3O2. The third kappa shape index (κ3) is 5.20. The highest BCUT2D eigenvalue weighted by molar-refractivity contribution is 6.53. The fraction of sp³-hybridized carbons (Fsp3) is 0.400. The van der Waals surface area contributed by atoms with Crippen LogP contribution < -0.4 is 5.32 Å². The Morgan fingerprint density at radius 3 is 2.36 bits per heavy atom. The number of likely N-dealkylation sites (tertiary alicyclic amines) is 1. The molecule has 28 heavy (non-hydrogen) atoms. The summed E-state index contributed by atoms with van der Waals surface area (Å²) in [7, 11) is 0. The van der Waals surface area contributed by atoms with Crippen LogP contribution in [0.15, 0.2) is 42.6 Å². The van der Waals surface area contributed by atoms with Crippen molar-refractivity contribution in [3.05, 3.63) is 53.9 Å². The van der Waals surface area contributed by atoms with Crippen molar-refractivity contribution in [3.8, 4) is 11.1 Å². The van der Waals surface area contributed by atoms with Crippen LogP contribution in [0.25, 0.3) is 11.1 Å². The molecule has 1 saturated heterocycles. The number of carbonyl (C=O) groups is 1. The molecule has 2 aromatic rings. The second-order valence-electron chi connectivity index (χ2n) is 6.80. The second-order valence-corrected chi connectivity index (χ2v) is 7.90. The Hall–Kier alpha value is -1.73. The van der Waals surface area contributed by atoms with Gasteiger partial charge in [-0.25, -0.2) is 4.39 Å². The van der Waals surface area contributed by atoms with E-state index >= 15 is 0 Å². The van der Waals surface area contributed by atoms with Crippen molar-refractivity contribution in [2.45, 2.75) is 29.9 Å². The van der Waals surface area contributed by atoms with E-state index < -0.39 is 29.6 Å². The van der Waals surface area contributed by atoms with Gasteiger partial charge in [0.05, 0.1) is 11.7 Å². The molecule has 1 aromatic heterocycles. The monoisotopic (exact) mass is 425 g/mol. The van der Waals surface area contributed by atoms with Crippen LogP contribution in [-0.4, -0.2) is 51.5 Å². The topological polar surface area (TPSA) is 65.5 Å². The molecule has 3 rings (SSSR count). The van der Waals surface area contributed by atoms with Crippen LogP contribution in [-0.2, 0) is 11.3 Å². The van der Waals surface area contributed by atoms with E-state index in [1.54, 1.807) is 12.1 Å². The van der Waals surface area contributed by atoms with Crippen molar-refractivity contribution in [3.63, 3.8) is 0 Å². The lowest BCUT2D eigenvalue weighted by Gasteiger charge is -2.30. The van der Waals surface area contributed by atoms with Gasteiger partial charge in [-0.3, -0.25) is 14.7 Å². The van der Waals surface area contributed by atoms with E-state index in [9.17, 15) is 14.3 Å². The van der Waals surface area contributed by atoms with Crippen molar-refractivity contribution < 1.29 is 14.3 Å². The molecule has 0 radical (unpaired) electrons. The SMILES string of the molecule is O=C(N[C@H](CF)[C@@H](O)c1ccc(-c2ccc(CN3CCC3)nc2)cc1)C(Cl)Cl. The molecule has 1 amide bonds. The third-order valence-corrected chi connectivity index (χ3v) is 5.21. The number of pyridine rings is 1. The second kappa shape index (κ2) is 9.65. The van der Waals surface area contributed by atoms with Crippen LogP contribution in [0, 0.1) is 0 Å². The van der Waals surface area contributed by atoms with Crippen LogP contribution in [0.2, 0.25) is 0 Å². The lowest BCUT2D eigenvalue weighted by Crippen LogP contribution is -2.43. The van der Waals surface area contributed by atoms with Crippen molar-refractivity contribution in [2.24, 2.45) is 0 Å². The molecular weight excluding hydrogens is 404 g/mol. The average molecular weight is 426 g/mol. The lowest BCUT2D eigenvalue weighted by atomic mass is 9.99. The van der Waals surface area contributed by atoms with Crippen molar-refractivity contribution >= 4 is 29.1 Å². The summed E-state index contributed by atoms with van der Waals surface area (Å²) in [4.78, 5) is 17.1. The first kappa shape index (κ1) is 21.0. The minimum absolute atomic E-state index is 0.481. The maximum atomic E-state index is 13.2. The van der Waals surface area contributed by atoms with Crippen molar-refractivity contribution in [1.82, 2.24) is 15.2 Å². The number of hydrogen-bond donors (Lipinski definition) is 2. The van der Waals surface area contributed by atoms with Gasteiger partial charge in [-0.2, -0.15) is 0 Å². The Kier molecular flexibility index (Phi) is 7.24. The number of halogens is 3. The highest BCUT2D eigenvalue weighted by Crippen LogP contribution is 2.24. The maximum absolute atomic E-state index is 13.2. The molecule has 0 spiro atoms. The summed E-state index contributed by atoms with van der Waals surface area (Å²) in [5.74, 6) is -0.744. The zero-order chi connectivity index (χ0) is 20.1. The summed E-state index contributed by atoms with van der Waals surface area (Å²) in [6, 6.07) is 9.95. The molecule has 2 N–H and O–H groups in total. The predicted molar refractivity (Wildman–Crippen MR) is 108 cm³/mol. The highest BCUT2D eigenvalue weighted by atomic mass is 35.5. The minimum Gasteiger partial charge on any atom is -0.386 e. The van der Waals surface area contributed by atoms with Gasteiger partial charge in [-0.1, -0.05) is 53.5 Å². The Morgan fingerprint density at radius 2 is 1.86 bits per heavy atom. The van der Waals surface area contributed by atoms with E-state index in [4.69, 9.17) is 23.2 Å². The van der Waals surface area contributed by atoms with Crippen molar-refractivity contribution in [2.75, 3.05) is 19.8 Å². The molecule has 2 atom stereocenters. The van der Waals surface area contributed by atoms with Crippen LogP contribution in [0.3, 0.4) is 0 Å². The van der Waals surface area contributed by atoms with E-state index in [-0.39, 0.29) is 0 Å². The molecule has 1 aliphatic rings. The van der Waals surface area contributed by atoms with Crippen LogP contribution >= 0.6 is 23.2 Å². The summed E-state index contributed by atoms with van der Waals surface area (Å²) in [6.07, 6.45) is 1.86. The summed E-state index contributed by atoms with van der Waals surface area (Å²) in [6.45, 7) is 2.18. The van der Waals surface area contributed by atoms with Gasteiger partial charge in [0.1, 0.15) is 12.8 Å². The first-order valence-electron chi connectivity index (χ1n) is 9.08. The highest BCUT2D eigenvalue weighted by Gasteiger charge is 2.25. The maximum Gasteiger partial charge on any atom is 0.253 e. The molecule has 1 aliphatic heterocycles. The molecule has 1 aromatic carbocycles. The number of carbonyl (C=O) groups excluding carboxylic acids is 1. The van der Waals surface area contributed by atoms with E-state index in [0.29, 0.717) is 5.56 Å². The molecule has 150 valence electrons. The molecule has 0 aliphatic carbocycles. The Morgan fingerprint density at radius 1 is 1.18 bits per heavy atom. The number of nitrogens with one attached hydrogen (secondary N) is 1. The molecule has 0 saturated carbocycles. The first-order valence-corrected chi connectivity index (χ1v) is 9.95. The molecule has 2 heterocycles. The Labute approximate surface area is 173 Å². The third-order valence-electron chi connectivity index (χ3n) is 4.82. The fourth-order valence-electron chi connectivity index (χ4n) is 3.01. The number of aromatic nitrogens is 1. The van der Waals surface area contributed by atoms with E-state index in [1.807, 2.05) is 30.5 Å². The largest absolute Gasteiger partial charge is 0.386 e. The Bertz CT molecular complexity index is 783. The fourth-order valence-corrected chi connectivity index (χ4v) is 3.14. The van der Waals surface area contributed by atoms with Crippen LogP contribution in [0.4, 0.5) is 4.39 Å². The van der Waals surface area contributed by atoms with E-state index in [0.717, 1.165) is 36.5 Å². The number of aliphatic hydroxyl groups excluding tert-OH is 1. The van der Waals surface area contributed by atoms with Gasteiger partial charge in [-0.15, -0.1) is 0 Å². The number of amides is 1. The summed E-state index contributed by atoms with van der Waals surface area (Å²) in [5, 5.41) is 12.7. The number of benzene rings is 1. The zero-order valence-corrected chi connectivity index (χ0v) is 16.7.